The van der Waals surface area contributed by atoms with Gasteiger partial charge < -0.3 is 14.2 Å². The zero-order valence-electron chi connectivity index (χ0n) is 8.80. The molecule has 0 fully saturated rings. The van der Waals surface area contributed by atoms with Crippen LogP contribution >= 0.6 is 0 Å². The van der Waals surface area contributed by atoms with Gasteiger partial charge in [-0.3, -0.25) is 10.1 Å². The summed E-state index contributed by atoms with van der Waals surface area (Å²) in [6.07, 6.45) is 0.756. The van der Waals surface area contributed by atoms with E-state index in [1.807, 2.05) is 0 Å². The second kappa shape index (κ2) is 7.21. The maximum absolute atomic E-state index is 11.0. The molecule has 90 valence electrons. The first kappa shape index (κ1) is 13.9. The summed E-state index contributed by atoms with van der Waals surface area (Å²) in [5, 5.41) is 10.00. The fraction of sp³-hybridized carbons (Fsp3) is 0.500. The van der Waals surface area contributed by atoms with Gasteiger partial charge >= 0.3 is 11.9 Å². The lowest BCUT2D eigenvalue weighted by molar-refractivity contribution is -0.482. The first-order valence-electron chi connectivity index (χ1n) is 4.13. The Hall–Kier alpha value is -2.12. The van der Waals surface area contributed by atoms with E-state index in [4.69, 9.17) is 4.74 Å². The van der Waals surface area contributed by atoms with Gasteiger partial charge in [0.25, 0.3) is 0 Å². The van der Waals surface area contributed by atoms with Crippen molar-refractivity contribution in [1.82, 2.24) is 0 Å². The van der Waals surface area contributed by atoms with Crippen LogP contribution in [0.3, 0.4) is 0 Å². The lowest BCUT2D eigenvalue weighted by atomic mass is 10.4. The SMILES string of the molecule is COC(=O)C=C(OCC[N+](=O)[O-])C(=O)OC. The number of methoxy groups -OCH3 is 2. The first-order chi connectivity index (χ1) is 7.51. The van der Waals surface area contributed by atoms with Crippen LogP contribution in [0, 0.1) is 10.1 Å². The highest BCUT2D eigenvalue weighted by Crippen LogP contribution is 2.01. The molecule has 8 heteroatoms. The minimum absolute atomic E-state index is 0.342. The molecule has 0 aliphatic carbocycles. The average Bonchev–Trinajstić information content (AvgIpc) is 2.25. The maximum atomic E-state index is 11.0. The molecular weight excluding hydrogens is 222 g/mol. The number of esters is 2. The molecule has 0 amide bonds. The van der Waals surface area contributed by atoms with Crippen LogP contribution in [0.25, 0.3) is 0 Å². The molecule has 8 nitrogen and oxygen atoms in total. The number of hydrogen-bond acceptors (Lipinski definition) is 7. The van der Waals surface area contributed by atoms with E-state index < -0.39 is 29.2 Å². The summed E-state index contributed by atoms with van der Waals surface area (Å²) >= 11 is 0. The largest absolute Gasteiger partial charge is 0.479 e. The number of hydrogen-bond donors (Lipinski definition) is 0. The van der Waals surface area contributed by atoms with E-state index in [-0.39, 0.29) is 6.61 Å². The fourth-order valence-corrected chi connectivity index (χ4v) is 0.656. The molecule has 0 unspecified atom stereocenters. The molecule has 0 rings (SSSR count). The Morgan fingerprint density at radius 3 is 2.38 bits per heavy atom. The first-order valence-corrected chi connectivity index (χ1v) is 4.13. The maximum Gasteiger partial charge on any atom is 0.373 e. The molecule has 0 saturated heterocycles. The fourth-order valence-electron chi connectivity index (χ4n) is 0.656. The highest BCUT2D eigenvalue weighted by molar-refractivity contribution is 5.94. The van der Waals surface area contributed by atoms with Crippen molar-refractivity contribution in [3.05, 3.63) is 21.9 Å². The van der Waals surface area contributed by atoms with Gasteiger partial charge in [-0.2, -0.15) is 0 Å². The third kappa shape index (κ3) is 5.58. The van der Waals surface area contributed by atoms with Gasteiger partial charge in [-0.25, -0.2) is 9.59 Å². The van der Waals surface area contributed by atoms with Crippen LogP contribution in [0.4, 0.5) is 0 Å². The number of nitro groups is 1. The Bertz CT molecular complexity index is 310. The van der Waals surface area contributed by atoms with Gasteiger partial charge in [0, 0.05) is 4.92 Å². The predicted molar refractivity (Wildman–Crippen MR) is 49.9 cm³/mol. The van der Waals surface area contributed by atoms with Crippen molar-refractivity contribution >= 4 is 11.9 Å². The van der Waals surface area contributed by atoms with Crippen molar-refractivity contribution in [3.63, 3.8) is 0 Å². The van der Waals surface area contributed by atoms with Crippen LogP contribution in [0.1, 0.15) is 0 Å². The zero-order valence-corrected chi connectivity index (χ0v) is 8.80. The van der Waals surface area contributed by atoms with Gasteiger partial charge in [0.15, 0.2) is 6.61 Å². The standard InChI is InChI=1S/C8H11NO7/c1-14-7(10)5-6(8(11)15-2)16-4-3-9(12)13/h5H,3-4H2,1-2H3. The Balaban J connectivity index is 4.44. The molecule has 0 saturated carbocycles. The van der Waals surface area contributed by atoms with Crippen LogP contribution in [-0.2, 0) is 23.8 Å². The summed E-state index contributed by atoms with van der Waals surface area (Å²) in [5.41, 5.74) is 0. The summed E-state index contributed by atoms with van der Waals surface area (Å²) in [6.45, 7) is -0.833. The molecule has 0 aliphatic rings. The van der Waals surface area contributed by atoms with Gasteiger partial charge in [-0.1, -0.05) is 0 Å². The second-order valence-corrected chi connectivity index (χ2v) is 2.43. The Morgan fingerprint density at radius 2 is 1.94 bits per heavy atom. The van der Waals surface area contributed by atoms with Crippen LogP contribution < -0.4 is 0 Å². The number of carbonyl (C=O) groups is 2. The zero-order chi connectivity index (χ0) is 12.6. The van der Waals surface area contributed by atoms with Gasteiger partial charge in [-0.15, -0.1) is 0 Å². The lowest BCUT2D eigenvalue weighted by Crippen LogP contribution is -2.15. The number of carbonyl (C=O) groups excluding carboxylic acids is 2. The van der Waals surface area contributed by atoms with Crippen LogP contribution in [0.15, 0.2) is 11.8 Å². The molecule has 0 spiro atoms. The molecular formula is C8H11NO7. The van der Waals surface area contributed by atoms with Crippen LogP contribution in [0.5, 0.6) is 0 Å². The Morgan fingerprint density at radius 1 is 1.31 bits per heavy atom. The molecule has 0 aromatic carbocycles. The van der Waals surface area contributed by atoms with E-state index in [1.54, 1.807) is 0 Å². The van der Waals surface area contributed by atoms with E-state index in [9.17, 15) is 19.7 Å². The summed E-state index contributed by atoms with van der Waals surface area (Å²) in [6, 6.07) is 0. The lowest BCUT2D eigenvalue weighted by Gasteiger charge is -2.05. The van der Waals surface area contributed by atoms with Crippen molar-refractivity contribution in [2.24, 2.45) is 0 Å². The quantitative estimate of drug-likeness (QED) is 0.200. The van der Waals surface area contributed by atoms with Crippen molar-refractivity contribution in [3.8, 4) is 0 Å². The molecule has 0 aromatic heterocycles. The molecule has 0 N–H and O–H groups in total. The Kier molecular flexibility index (Phi) is 6.25. The summed E-state index contributed by atoms with van der Waals surface area (Å²) < 4.78 is 13.3. The normalized spacial score (nSPS) is 10.5. The van der Waals surface area contributed by atoms with Gasteiger partial charge in [0.05, 0.1) is 20.3 Å². The van der Waals surface area contributed by atoms with Crippen molar-refractivity contribution in [2.75, 3.05) is 27.4 Å². The van der Waals surface area contributed by atoms with Gasteiger partial charge in [-0.05, 0) is 0 Å². The smallest absolute Gasteiger partial charge is 0.373 e. The second-order valence-electron chi connectivity index (χ2n) is 2.43. The summed E-state index contributed by atoms with van der Waals surface area (Å²) in [4.78, 5) is 31.2. The average molecular weight is 233 g/mol. The molecule has 16 heavy (non-hydrogen) atoms. The van der Waals surface area contributed by atoms with E-state index >= 15 is 0 Å². The minimum atomic E-state index is -0.909. The molecule has 0 heterocycles. The molecule has 0 radical (unpaired) electrons. The third-order valence-corrected chi connectivity index (χ3v) is 1.37. The topological polar surface area (TPSA) is 105 Å². The predicted octanol–water partition coefficient (Wildman–Crippen LogP) is -0.490. The van der Waals surface area contributed by atoms with E-state index in [2.05, 4.69) is 9.47 Å². The Labute approximate surface area is 90.9 Å². The van der Waals surface area contributed by atoms with Crippen LogP contribution in [0.2, 0.25) is 0 Å². The number of rotatable bonds is 6. The van der Waals surface area contributed by atoms with Gasteiger partial charge in [0.2, 0.25) is 12.3 Å². The van der Waals surface area contributed by atoms with E-state index in [0.717, 1.165) is 20.3 Å². The van der Waals surface area contributed by atoms with E-state index in [1.165, 1.54) is 0 Å². The molecule has 0 bridgehead atoms. The summed E-state index contributed by atoms with van der Waals surface area (Å²) in [5.74, 6) is -2.16. The molecule has 0 aliphatic heterocycles. The monoisotopic (exact) mass is 233 g/mol. The van der Waals surface area contributed by atoms with Crippen LogP contribution in [-0.4, -0.2) is 44.2 Å². The van der Waals surface area contributed by atoms with Crippen molar-refractivity contribution in [1.29, 1.82) is 0 Å². The third-order valence-electron chi connectivity index (χ3n) is 1.37. The molecule has 0 atom stereocenters. The highest BCUT2D eigenvalue weighted by Gasteiger charge is 2.14. The molecule has 0 aromatic rings. The van der Waals surface area contributed by atoms with E-state index in [0.29, 0.717) is 0 Å². The van der Waals surface area contributed by atoms with Crippen molar-refractivity contribution < 1.29 is 28.7 Å². The minimum Gasteiger partial charge on any atom is -0.479 e. The number of ether oxygens (including phenoxy) is 3. The van der Waals surface area contributed by atoms with Gasteiger partial charge in [0.1, 0.15) is 0 Å². The van der Waals surface area contributed by atoms with Crippen molar-refractivity contribution in [2.45, 2.75) is 0 Å². The summed E-state index contributed by atoms with van der Waals surface area (Å²) in [7, 11) is 2.20. The number of nitrogens with zero attached hydrogens (tertiary/aromatic N) is 1. The highest BCUT2D eigenvalue weighted by atomic mass is 16.6.